The van der Waals surface area contributed by atoms with Gasteiger partial charge in [-0.25, -0.2) is 9.97 Å². The molecule has 0 amide bonds. The number of halogens is 1. The van der Waals surface area contributed by atoms with E-state index in [0.717, 1.165) is 15.5 Å². The lowest BCUT2D eigenvalue weighted by molar-refractivity contribution is 0.917. The molecule has 0 aliphatic rings. The highest BCUT2D eigenvalue weighted by Gasteiger charge is 2.15. The fourth-order valence-electron chi connectivity index (χ4n) is 2.11. The maximum absolute atomic E-state index is 8.97. The van der Waals surface area contributed by atoms with E-state index < -0.39 is 0 Å². The highest BCUT2D eigenvalue weighted by molar-refractivity contribution is 9.10. The number of nitrogens with zero attached hydrogens (tertiary/aromatic N) is 4. The van der Waals surface area contributed by atoms with E-state index in [1.165, 1.54) is 0 Å². The predicted molar refractivity (Wildman–Crippen MR) is 80.3 cm³/mol. The second-order valence-corrected chi connectivity index (χ2v) is 5.12. The summed E-state index contributed by atoms with van der Waals surface area (Å²) < 4.78 is 2.64. The van der Waals surface area contributed by atoms with Crippen LogP contribution >= 0.6 is 15.9 Å². The molecule has 3 rings (SSSR count). The van der Waals surface area contributed by atoms with E-state index in [4.69, 9.17) is 11.0 Å². The Hall–Kier alpha value is -2.39. The van der Waals surface area contributed by atoms with Crippen molar-refractivity contribution in [1.29, 1.82) is 5.26 Å². The summed E-state index contributed by atoms with van der Waals surface area (Å²) in [6.45, 7) is 0. The van der Waals surface area contributed by atoms with Crippen molar-refractivity contribution in [2.45, 2.75) is 6.42 Å². The molecule has 0 fully saturated rings. The van der Waals surface area contributed by atoms with Gasteiger partial charge in [-0.2, -0.15) is 5.26 Å². The number of aromatic nitrogens is 3. The zero-order valence-electron chi connectivity index (χ0n) is 10.4. The zero-order valence-corrected chi connectivity index (χ0v) is 12.0. The first-order valence-corrected chi connectivity index (χ1v) is 6.74. The van der Waals surface area contributed by atoms with Crippen LogP contribution in [0.15, 0.2) is 41.0 Å². The molecule has 98 valence electrons. The van der Waals surface area contributed by atoms with Gasteiger partial charge in [0.1, 0.15) is 5.82 Å². The van der Waals surface area contributed by atoms with Gasteiger partial charge in [0, 0.05) is 0 Å². The molecule has 2 aromatic heterocycles. The minimum atomic E-state index is 0.215. The van der Waals surface area contributed by atoms with Gasteiger partial charge in [-0.05, 0) is 34.1 Å². The number of nitriles is 1. The summed E-state index contributed by atoms with van der Waals surface area (Å²) in [6, 6.07) is 11.6. The van der Waals surface area contributed by atoms with Crippen LogP contribution < -0.4 is 5.73 Å². The fourth-order valence-corrected chi connectivity index (χ4v) is 2.66. The number of nitrogen functional groups attached to an aromatic ring is 1. The summed E-state index contributed by atoms with van der Waals surface area (Å²) in [5, 5.41) is 8.97. The van der Waals surface area contributed by atoms with E-state index >= 15 is 0 Å². The molecule has 2 heterocycles. The van der Waals surface area contributed by atoms with Crippen LogP contribution in [0.2, 0.25) is 0 Å². The van der Waals surface area contributed by atoms with Gasteiger partial charge in [0.15, 0.2) is 5.82 Å². The lowest BCUT2D eigenvalue weighted by Gasteiger charge is -2.09. The van der Waals surface area contributed by atoms with Crippen LogP contribution in [0.5, 0.6) is 0 Å². The largest absolute Gasteiger partial charge is 0.397 e. The van der Waals surface area contributed by atoms with Crippen LogP contribution in [0, 0.1) is 11.3 Å². The van der Waals surface area contributed by atoms with Gasteiger partial charge >= 0.3 is 0 Å². The molecule has 0 saturated carbocycles. The number of hydrogen-bond donors (Lipinski definition) is 1. The lowest BCUT2D eigenvalue weighted by Crippen LogP contribution is -2.04. The van der Waals surface area contributed by atoms with Crippen LogP contribution in [0.4, 0.5) is 5.69 Å². The first-order chi connectivity index (χ1) is 9.70. The average molecular weight is 328 g/mol. The third-order valence-corrected chi connectivity index (χ3v) is 3.51. The molecule has 0 spiro atoms. The van der Waals surface area contributed by atoms with Gasteiger partial charge in [-0.3, -0.25) is 4.57 Å². The second kappa shape index (κ2) is 4.94. The summed E-state index contributed by atoms with van der Waals surface area (Å²) in [5.74, 6) is 1.34. The highest BCUT2D eigenvalue weighted by Crippen LogP contribution is 2.26. The van der Waals surface area contributed by atoms with E-state index in [2.05, 4.69) is 32.0 Å². The summed E-state index contributed by atoms with van der Waals surface area (Å²) in [6.07, 6.45) is 1.80. The average Bonchev–Trinajstić information content (AvgIpc) is 2.78. The molecule has 0 atom stereocenters. The molecule has 0 aliphatic heterocycles. The third-order valence-electron chi connectivity index (χ3n) is 2.92. The monoisotopic (exact) mass is 327 g/mol. The zero-order chi connectivity index (χ0) is 14.1. The topological polar surface area (TPSA) is 80.5 Å². The standard InChI is InChI=1S/C14H10BrN5/c15-10-7-9(17)8-18-14(10)20-12-4-2-1-3-11(12)19-13(20)5-6-16/h1-4,7-8H,5,17H2. The normalized spacial score (nSPS) is 10.6. The van der Waals surface area contributed by atoms with E-state index in [9.17, 15) is 0 Å². The Bertz CT molecular complexity index is 831. The van der Waals surface area contributed by atoms with Gasteiger partial charge in [0.05, 0.1) is 39.9 Å². The molecular weight excluding hydrogens is 318 g/mol. The van der Waals surface area contributed by atoms with Crippen LogP contribution in [-0.2, 0) is 6.42 Å². The molecule has 0 aliphatic carbocycles. The van der Waals surface area contributed by atoms with Crippen molar-refractivity contribution in [2.75, 3.05) is 5.73 Å². The van der Waals surface area contributed by atoms with E-state index in [0.29, 0.717) is 17.3 Å². The minimum Gasteiger partial charge on any atom is -0.397 e. The molecule has 0 bridgehead atoms. The van der Waals surface area contributed by atoms with Gasteiger partial charge in [0.25, 0.3) is 0 Å². The maximum atomic E-state index is 8.97. The van der Waals surface area contributed by atoms with Crippen LogP contribution in [0.25, 0.3) is 16.9 Å². The number of benzene rings is 1. The molecule has 6 heteroatoms. The van der Waals surface area contributed by atoms with E-state index in [-0.39, 0.29) is 6.42 Å². The van der Waals surface area contributed by atoms with Gasteiger partial charge < -0.3 is 5.73 Å². The van der Waals surface area contributed by atoms with E-state index in [1.807, 2.05) is 28.8 Å². The molecule has 1 aromatic carbocycles. The van der Waals surface area contributed by atoms with Crippen molar-refractivity contribution in [2.24, 2.45) is 0 Å². The number of nitrogens with two attached hydrogens (primary N) is 1. The van der Waals surface area contributed by atoms with Crippen LogP contribution in [0.1, 0.15) is 5.82 Å². The fraction of sp³-hybridized carbons (Fsp3) is 0.0714. The number of fused-ring (bicyclic) bond motifs is 1. The highest BCUT2D eigenvalue weighted by atomic mass is 79.9. The number of rotatable bonds is 2. The van der Waals surface area contributed by atoms with Crippen molar-refractivity contribution in [1.82, 2.24) is 14.5 Å². The quantitative estimate of drug-likeness (QED) is 0.784. The van der Waals surface area contributed by atoms with Crippen LogP contribution in [0.3, 0.4) is 0 Å². The number of imidazole rings is 1. The Kier molecular flexibility index (Phi) is 3.12. The van der Waals surface area contributed by atoms with E-state index in [1.54, 1.807) is 12.3 Å². The molecule has 3 aromatic rings. The summed E-state index contributed by atoms with van der Waals surface area (Å²) >= 11 is 3.47. The summed E-state index contributed by atoms with van der Waals surface area (Å²) in [7, 11) is 0. The number of pyridine rings is 1. The number of para-hydroxylation sites is 2. The lowest BCUT2D eigenvalue weighted by atomic mass is 10.3. The van der Waals surface area contributed by atoms with Crippen molar-refractivity contribution in [3.63, 3.8) is 0 Å². The minimum absolute atomic E-state index is 0.215. The Morgan fingerprint density at radius 3 is 2.90 bits per heavy atom. The number of hydrogen-bond acceptors (Lipinski definition) is 4. The first-order valence-electron chi connectivity index (χ1n) is 5.95. The van der Waals surface area contributed by atoms with Crippen molar-refractivity contribution in [3.05, 3.63) is 46.8 Å². The second-order valence-electron chi connectivity index (χ2n) is 4.26. The van der Waals surface area contributed by atoms with Gasteiger partial charge in [0.2, 0.25) is 0 Å². The van der Waals surface area contributed by atoms with Crippen molar-refractivity contribution in [3.8, 4) is 11.9 Å². The smallest absolute Gasteiger partial charge is 0.153 e. The molecular formula is C14H10BrN5. The van der Waals surface area contributed by atoms with Crippen molar-refractivity contribution >= 4 is 32.7 Å². The Labute approximate surface area is 123 Å². The molecule has 5 nitrogen and oxygen atoms in total. The predicted octanol–water partition coefficient (Wildman–Crippen LogP) is 2.83. The summed E-state index contributed by atoms with van der Waals surface area (Å²) in [4.78, 5) is 8.85. The maximum Gasteiger partial charge on any atom is 0.153 e. The van der Waals surface area contributed by atoms with Gasteiger partial charge in [-0.1, -0.05) is 12.1 Å². The number of anilines is 1. The molecule has 2 N–H and O–H groups in total. The molecule has 20 heavy (non-hydrogen) atoms. The third kappa shape index (κ3) is 2.02. The Morgan fingerprint density at radius 2 is 2.15 bits per heavy atom. The Morgan fingerprint density at radius 1 is 1.35 bits per heavy atom. The molecule has 0 radical (unpaired) electrons. The molecule has 0 saturated heterocycles. The summed E-state index contributed by atoms with van der Waals surface area (Å²) in [5.41, 5.74) is 8.05. The SMILES string of the molecule is N#CCc1nc2ccccc2n1-c1ncc(N)cc1Br. The Balaban J connectivity index is 2.33. The van der Waals surface area contributed by atoms with Crippen LogP contribution in [-0.4, -0.2) is 14.5 Å². The first kappa shape index (κ1) is 12.6. The van der Waals surface area contributed by atoms with Crippen molar-refractivity contribution < 1.29 is 0 Å². The van der Waals surface area contributed by atoms with Gasteiger partial charge in [-0.15, -0.1) is 0 Å². The molecule has 0 unspecified atom stereocenters.